The van der Waals surface area contributed by atoms with Crippen LogP contribution in [0.2, 0.25) is 0 Å². The smallest absolute Gasteiger partial charge is 0.150 e. The van der Waals surface area contributed by atoms with Crippen molar-refractivity contribution in [3.05, 3.63) is 12.2 Å². The van der Waals surface area contributed by atoms with Gasteiger partial charge in [-0.05, 0) is 31.6 Å². The van der Waals surface area contributed by atoms with E-state index in [0.717, 1.165) is 5.82 Å². The predicted molar refractivity (Wildman–Crippen MR) is 61.8 cm³/mol. The zero-order chi connectivity index (χ0) is 11.0. The summed E-state index contributed by atoms with van der Waals surface area (Å²) in [7, 11) is 0. The second-order valence-corrected chi connectivity index (χ2v) is 5.25. The summed E-state index contributed by atoms with van der Waals surface area (Å²) < 4.78 is 2.21. The maximum Gasteiger partial charge on any atom is 0.150 e. The molecule has 0 amide bonds. The van der Waals surface area contributed by atoms with Crippen molar-refractivity contribution in [2.75, 3.05) is 0 Å². The molecule has 0 radical (unpaired) electrons. The topological polar surface area (TPSA) is 56.7 Å². The van der Waals surface area contributed by atoms with Crippen LogP contribution in [0.4, 0.5) is 0 Å². The van der Waals surface area contributed by atoms with E-state index < -0.39 is 0 Å². The fraction of sp³-hybridized carbons (Fsp3) is 0.833. The highest BCUT2D eigenvalue weighted by Gasteiger charge is 2.31. The van der Waals surface area contributed by atoms with Crippen LogP contribution in [0.15, 0.2) is 6.33 Å². The van der Waals surface area contributed by atoms with Gasteiger partial charge in [-0.2, -0.15) is 0 Å². The Morgan fingerprint density at radius 1 is 1.19 bits per heavy atom. The summed E-state index contributed by atoms with van der Waals surface area (Å²) in [5, 5.41) is 8.27. The maximum absolute atomic E-state index is 6.36. The molecule has 0 saturated heterocycles. The molecule has 4 nitrogen and oxygen atoms in total. The first-order valence-corrected chi connectivity index (χ1v) is 6.51. The van der Waals surface area contributed by atoms with Crippen molar-refractivity contribution < 1.29 is 0 Å². The van der Waals surface area contributed by atoms with E-state index in [4.69, 9.17) is 5.73 Å². The van der Waals surface area contributed by atoms with E-state index in [9.17, 15) is 0 Å². The van der Waals surface area contributed by atoms with Crippen LogP contribution in [0.25, 0.3) is 0 Å². The van der Waals surface area contributed by atoms with Gasteiger partial charge >= 0.3 is 0 Å². The highest BCUT2D eigenvalue weighted by molar-refractivity contribution is 5.02. The van der Waals surface area contributed by atoms with Gasteiger partial charge in [0.15, 0.2) is 0 Å². The van der Waals surface area contributed by atoms with Crippen LogP contribution in [-0.4, -0.2) is 14.8 Å². The van der Waals surface area contributed by atoms with Gasteiger partial charge in [0, 0.05) is 6.04 Å². The molecular formula is C12H20N4. The Bertz CT molecular complexity index is 350. The molecule has 0 bridgehead atoms. The van der Waals surface area contributed by atoms with Gasteiger partial charge in [0.25, 0.3) is 0 Å². The summed E-state index contributed by atoms with van der Waals surface area (Å²) in [6.45, 7) is 0. The van der Waals surface area contributed by atoms with Crippen LogP contribution in [0.5, 0.6) is 0 Å². The second-order valence-electron chi connectivity index (χ2n) is 5.25. The largest absolute Gasteiger partial charge is 0.321 e. The molecule has 16 heavy (non-hydrogen) atoms. The standard InChI is InChI=1S/C12H20N4/c13-11(9-4-2-1-3-5-9)12-15-14-8-16(12)10-6-7-10/h8-11H,1-7,13H2. The Balaban J connectivity index is 1.76. The van der Waals surface area contributed by atoms with Gasteiger partial charge in [0.05, 0.1) is 6.04 Å². The molecule has 1 aromatic rings. The maximum atomic E-state index is 6.36. The molecule has 3 rings (SSSR count). The van der Waals surface area contributed by atoms with E-state index in [1.54, 1.807) is 0 Å². The lowest BCUT2D eigenvalue weighted by Gasteiger charge is -2.27. The van der Waals surface area contributed by atoms with E-state index in [-0.39, 0.29) is 6.04 Å². The second kappa shape index (κ2) is 4.17. The van der Waals surface area contributed by atoms with E-state index in [1.165, 1.54) is 44.9 Å². The predicted octanol–water partition coefficient (Wildman–Crippen LogP) is 2.19. The Morgan fingerprint density at radius 3 is 2.62 bits per heavy atom. The van der Waals surface area contributed by atoms with Crippen molar-refractivity contribution in [3.8, 4) is 0 Å². The Hall–Kier alpha value is -0.900. The molecule has 4 heteroatoms. The molecular weight excluding hydrogens is 200 g/mol. The van der Waals surface area contributed by atoms with E-state index in [2.05, 4.69) is 14.8 Å². The van der Waals surface area contributed by atoms with E-state index >= 15 is 0 Å². The van der Waals surface area contributed by atoms with Crippen LogP contribution < -0.4 is 5.73 Å². The van der Waals surface area contributed by atoms with Gasteiger partial charge in [-0.15, -0.1) is 10.2 Å². The van der Waals surface area contributed by atoms with Gasteiger partial charge < -0.3 is 10.3 Å². The normalized spacial score (nSPS) is 24.6. The van der Waals surface area contributed by atoms with Crippen molar-refractivity contribution in [2.45, 2.75) is 57.0 Å². The van der Waals surface area contributed by atoms with Gasteiger partial charge in [-0.25, -0.2) is 0 Å². The number of aromatic nitrogens is 3. The molecule has 0 aromatic carbocycles. The van der Waals surface area contributed by atoms with E-state index in [0.29, 0.717) is 12.0 Å². The molecule has 88 valence electrons. The van der Waals surface area contributed by atoms with Gasteiger partial charge in [0.1, 0.15) is 12.2 Å². The molecule has 0 spiro atoms. The summed E-state index contributed by atoms with van der Waals surface area (Å²) in [5.74, 6) is 1.64. The Kier molecular flexibility index (Phi) is 2.67. The monoisotopic (exact) mass is 220 g/mol. The molecule has 1 unspecified atom stereocenters. The third-order valence-corrected chi connectivity index (χ3v) is 4.00. The SMILES string of the molecule is NC(c1nncn1C1CC1)C1CCCCC1. The third kappa shape index (κ3) is 1.86. The molecule has 2 aliphatic rings. The molecule has 1 aromatic heterocycles. The quantitative estimate of drug-likeness (QED) is 0.849. The van der Waals surface area contributed by atoms with E-state index in [1.807, 2.05) is 6.33 Å². The Morgan fingerprint density at radius 2 is 1.94 bits per heavy atom. The summed E-state index contributed by atoms with van der Waals surface area (Å²) in [6.07, 6.45) is 10.9. The number of nitrogens with two attached hydrogens (primary N) is 1. The summed E-state index contributed by atoms with van der Waals surface area (Å²) in [6, 6.07) is 0.739. The lowest BCUT2D eigenvalue weighted by atomic mass is 9.84. The minimum absolute atomic E-state index is 0.100. The minimum Gasteiger partial charge on any atom is -0.321 e. The zero-order valence-corrected chi connectivity index (χ0v) is 9.68. The molecule has 1 atom stereocenters. The van der Waals surface area contributed by atoms with Crippen molar-refractivity contribution in [3.63, 3.8) is 0 Å². The van der Waals surface area contributed by atoms with Crippen LogP contribution in [0.1, 0.15) is 62.9 Å². The first kappa shape index (κ1) is 10.3. The summed E-state index contributed by atoms with van der Waals surface area (Å²) in [5.41, 5.74) is 6.36. The van der Waals surface area contributed by atoms with Crippen LogP contribution in [0, 0.1) is 5.92 Å². The van der Waals surface area contributed by atoms with Gasteiger partial charge in [0.2, 0.25) is 0 Å². The molecule has 2 fully saturated rings. The Labute approximate surface area is 96.2 Å². The summed E-state index contributed by atoms with van der Waals surface area (Å²) >= 11 is 0. The van der Waals surface area contributed by atoms with Crippen LogP contribution in [-0.2, 0) is 0 Å². The first-order valence-electron chi connectivity index (χ1n) is 6.51. The van der Waals surface area contributed by atoms with Gasteiger partial charge in [-0.3, -0.25) is 0 Å². The number of nitrogens with zero attached hydrogens (tertiary/aromatic N) is 3. The molecule has 2 saturated carbocycles. The summed E-state index contributed by atoms with van der Waals surface area (Å²) in [4.78, 5) is 0. The first-order chi connectivity index (χ1) is 7.86. The molecule has 2 aliphatic carbocycles. The van der Waals surface area contributed by atoms with Gasteiger partial charge in [-0.1, -0.05) is 19.3 Å². The average Bonchev–Trinajstić information content (AvgIpc) is 3.07. The third-order valence-electron chi connectivity index (χ3n) is 4.00. The lowest BCUT2D eigenvalue weighted by molar-refractivity contribution is 0.295. The van der Waals surface area contributed by atoms with Crippen molar-refractivity contribution in [1.82, 2.24) is 14.8 Å². The number of hydrogen-bond acceptors (Lipinski definition) is 3. The molecule has 1 heterocycles. The number of hydrogen-bond donors (Lipinski definition) is 1. The van der Waals surface area contributed by atoms with Crippen molar-refractivity contribution in [1.29, 1.82) is 0 Å². The molecule has 0 aliphatic heterocycles. The van der Waals surface area contributed by atoms with Crippen molar-refractivity contribution >= 4 is 0 Å². The molecule has 2 N–H and O–H groups in total. The highest BCUT2D eigenvalue weighted by Crippen LogP contribution is 2.38. The van der Waals surface area contributed by atoms with Crippen LogP contribution >= 0.6 is 0 Å². The van der Waals surface area contributed by atoms with Crippen molar-refractivity contribution in [2.24, 2.45) is 11.7 Å². The lowest BCUT2D eigenvalue weighted by Crippen LogP contribution is -2.26. The fourth-order valence-electron chi connectivity index (χ4n) is 2.83. The zero-order valence-electron chi connectivity index (χ0n) is 9.68. The number of rotatable bonds is 3. The highest BCUT2D eigenvalue weighted by atomic mass is 15.3. The fourth-order valence-corrected chi connectivity index (χ4v) is 2.83. The van der Waals surface area contributed by atoms with Crippen LogP contribution in [0.3, 0.4) is 0 Å². The average molecular weight is 220 g/mol. The minimum atomic E-state index is 0.100.